The third kappa shape index (κ3) is 6.03. The minimum Gasteiger partial charge on any atom is -0.310 e. The van der Waals surface area contributed by atoms with Gasteiger partial charge in [-0.3, -0.25) is 0 Å². The maximum Gasteiger partial charge on any atom is 0.0547 e. The summed E-state index contributed by atoms with van der Waals surface area (Å²) in [5.41, 5.74) is 18.7. The van der Waals surface area contributed by atoms with Gasteiger partial charge in [-0.05, 0) is 198 Å². The van der Waals surface area contributed by atoms with E-state index in [9.17, 15) is 0 Å². The van der Waals surface area contributed by atoms with Crippen molar-refractivity contribution in [2.75, 3.05) is 4.90 Å². The van der Waals surface area contributed by atoms with E-state index in [1.807, 2.05) is 0 Å². The molecule has 5 saturated carbocycles. The molecule has 2 heteroatoms. The molecular formula is C61H58N2. The number of nitrogens with zero attached hydrogens (tertiary/aromatic N) is 2. The highest BCUT2D eigenvalue weighted by molar-refractivity contribution is 6.12. The molecule has 14 rings (SSSR count). The molecule has 0 spiro atoms. The minimum atomic E-state index is -0.189. The normalized spacial score (nSPS) is 23.3. The van der Waals surface area contributed by atoms with Crippen molar-refractivity contribution in [2.45, 2.75) is 101 Å². The van der Waals surface area contributed by atoms with Crippen LogP contribution in [0.5, 0.6) is 0 Å². The van der Waals surface area contributed by atoms with E-state index in [2.05, 4.69) is 181 Å². The second kappa shape index (κ2) is 14.3. The van der Waals surface area contributed by atoms with Crippen LogP contribution in [-0.4, -0.2) is 4.57 Å². The van der Waals surface area contributed by atoms with Gasteiger partial charge in [-0.2, -0.15) is 0 Å². The van der Waals surface area contributed by atoms with Crippen molar-refractivity contribution < 1.29 is 0 Å². The Balaban J connectivity index is 0.934. The molecule has 0 atom stereocenters. The molecule has 1 heterocycles. The van der Waals surface area contributed by atoms with Gasteiger partial charge in [-0.25, -0.2) is 0 Å². The highest BCUT2D eigenvalue weighted by Gasteiger charge is 2.51. The highest BCUT2D eigenvalue weighted by atomic mass is 15.1. The fourth-order valence-corrected chi connectivity index (χ4v) is 14.2. The number of hydrogen-bond donors (Lipinski definition) is 0. The largest absolute Gasteiger partial charge is 0.310 e. The lowest BCUT2D eigenvalue weighted by Crippen LogP contribution is -2.48. The molecule has 0 radical (unpaired) electrons. The molecule has 1 aromatic heterocycles. The van der Waals surface area contributed by atoms with E-state index in [1.54, 1.807) is 5.56 Å². The molecule has 5 fully saturated rings. The van der Waals surface area contributed by atoms with E-state index in [0.29, 0.717) is 11.3 Å². The molecule has 7 aromatic carbocycles. The molecule has 0 N–H and O–H groups in total. The highest BCUT2D eigenvalue weighted by Crippen LogP contribution is 2.61. The van der Waals surface area contributed by atoms with E-state index in [-0.39, 0.29) is 5.41 Å². The van der Waals surface area contributed by atoms with Crippen LogP contribution < -0.4 is 4.90 Å². The first-order valence-electron chi connectivity index (χ1n) is 24.3. The minimum absolute atomic E-state index is 0.189. The van der Waals surface area contributed by atoms with Crippen molar-refractivity contribution in [3.63, 3.8) is 0 Å². The quantitative estimate of drug-likeness (QED) is 0.156. The van der Waals surface area contributed by atoms with Gasteiger partial charge in [0.05, 0.1) is 11.0 Å². The van der Waals surface area contributed by atoms with Gasteiger partial charge in [-0.15, -0.1) is 0 Å². The zero-order chi connectivity index (χ0) is 41.9. The molecule has 2 nitrogen and oxygen atoms in total. The van der Waals surface area contributed by atoms with Crippen LogP contribution in [0, 0.1) is 17.8 Å². The van der Waals surface area contributed by atoms with Crippen molar-refractivity contribution in [3.05, 3.63) is 180 Å². The lowest BCUT2D eigenvalue weighted by atomic mass is 9.48. The smallest absolute Gasteiger partial charge is 0.0547 e. The number of anilines is 3. The van der Waals surface area contributed by atoms with Gasteiger partial charge < -0.3 is 9.47 Å². The standard InChI is InChI=1S/C61H58N2/c1-60(2)56-34-51(27-28-52(56)53-36-59-55(35-57(53)60)54-33-46(44-14-8-4-9-15-44)20-29-58(54)63(59)48-16-10-5-11-17-48)62(49-23-18-45(19-24-49)43-12-6-3-7-13-43)50-25-21-47(22-26-50)61-37-40-30-41(38-61)32-42(31-40)39-61/h4-5,8-11,14-29,33-36,40-43H,3,6-7,12-13,30-32,37-39H2,1-2H3. The van der Waals surface area contributed by atoms with Crippen LogP contribution in [0.3, 0.4) is 0 Å². The monoisotopic (exact) mass is 818 g/mol. The van der Waals surface area contributed by atoms with Crippen LogP contribution in [0.1, 0.15) is 113 Å². The van der Waals surface area contributed by atoms with E-state index in [4.69, 9.17) is 0 Å². The van der Waals surface area contributed by atoms with E-state index in [1.165, 1.54) is 154 Å². The third-order valence-corrected chi connectivity index (χ3v) is 16.9. The van der Waals surface area contributed by atoms with Gasteiger partial charge >= 0.3 is 0 Å². The predicted octanol–water partition coefficient (Wildman–Crippen LogP) is 16.7. The summed E-state index contributed by atoms with van der Waals surface area (Å²) >= 11 is 0. The number of benzene rings is 7. The van der Waals surface area contributed by atoms with Crippen LogP contribution in [-0.2, 0) is 10.8 Å². The van der Waals surface area contributed by atoms with Crippen LogP contribution in [0.2, 0.25) is 0 Å². The van der Waals surface area contributed by atoms with E-state index < -0.39 is 0 Å². The summed E-state index contributed by atoms with van der Waals surface area (Å²) in [6.45, 7) is 4.89. The first kappa shape index (κ1) is 37.7. The van der Waals surface area contributed by atoms with Crippen molar-refractivity contribution >= 4 is 38.9 Å². The Labute approximate surface area is 373 Å². The summed E-state index contributed by atoms with van der Waals surface area (Å²) in [5.74, 6) is 3.52. The molecule has 0 unspecified atom stereocenters. The molecule has 0 amide bonds. The lowest BCUT2D eigenvalue weighted by molar-refractivity contribution is -0.00518. The number of para-hydroxylation sites is 1. The third-order valence-electron chi connectivity index (χ3n) is 16.9. The zero-order valence-electron chi connectivity index (χ0n) is 37.0. The second-order valence-corrected chi connectivity index (χ2v) is 21.0. The summed E-state index contributed by atoms with van der Waals surface area (Å²) in [5, 5.41) is 2.61. The molecule has 0 aliphatic heterocycles. The van der Waals surface area contributed by atoms with E-state index >= 15 is 0 Å². The topological polar surface area (TPSA) is 8.17 Å². The molecule has 6 aliphatic carbocycles. The Morgan fingerprint density at radius 1 is 0.492 bits per heavy atom. The molecule has 8 aromatic rings. The maximum absolute atomic E-state index is 2.55. The number of rotatable bonds is 7. The lowest BCUT2D eigenvalue weighted by Gasteiger charge is -2.57. The molecule has 63 heavy (non-hydrogen) atoms. The molecule has 6 aliphatic rings. The van der Waals surface area contributed by atoms with Crippen molar-refractivity contribution in [2.24, 2.45) is 17.8 Å². The van der Waals surface area contributed by atoms with Gasteiger partial charge in [0.25, 0.3) is 0 Å². The van der Waals surface area contributed by atoms with Crippen molar-refractivity contribution in [1.29, 1.82) is 0 Å². The molecule has 4 bridgehead atoms. The average molecular weight is 819 g/mol. The summed E-state index contributed by atoms with van der Waals surface area (Å²) in [4.78, 5) is 2.55. The predicted molar refractivity (Wildman–Crippen MR) is 264 cm³/mol. The second-order valence-electron chi connectivity index (χ2n) is 21.0. The van der Waals surface area contributed by atoms with Crippen LogP contribution >= 0.6 is 0 Å². The molecule has 0 saturated heterocycles. The fraction of sp³-hybridized carbons (Fsp3) is 0.311. The van der Waals surface area contributed by atoms with Gasteiger partial charge in [0.2, 0.25) is 0 Å². The van der Waals surface area contributed by atoms with Gasteiger partial charge in [0.15, 0.2) is 0 Å². The summed E-state index contributed by atoms with van der Waals surface area (Å²) in [7, 11) is 0. The zero-order valence-corrected chi connectivity index (χ0v) is 37.0. The maximum atomic E-state index is 2.55. The first-order valence-corrected chi connectivity index (χ1v) is 24.3. The number of aromatic nitrogens is 1. The van der Waals surface area contributed by atoms with Gasteiger partial charge in [0.1, 0.15) is 0 Å². The van der Waals surface area contributed by atoms with E-state index in [0.717, 1.165) is 17.8 Å². The SMILES string of the molecule is CC1(C)c2cc(N(c3ccc(C4CCCCC4)cc3)c3ccc(C45CC6CC(CC(C6)C4)C5)cc3)ccc2-c2cc3c(cc21)c1cc(-c2ccccc2)ccc1n3-c1ccccc1. The van der Waals surface area contributed by atoms with Gasteiger partial charge in [0, 0.05) is 38.9 Å². The number of hydrogen-bond acceptors (Lipinski definition) is 1. The van der Waals surface area contributed by atoms with Crippen LogP contribution in [0.15, 0.2) is 158 Å². The Bertz CT molecular complexity index is 2980. The fourth-order valence-electron chi connectivity index (χ4n) is 14.2. The Kier molecular flexibility index (Phi) is 8.57. The van der Waals surface area contributed by atoms with Gasteiger partial charge in [-0.1, -0.05) is 118 Å². The Morgan fingerprint density at radius 2 is 1.10 bits per heavy atom. The van der Waals surface area contributed by atoms with Crippen LogP contribution in [0.25, 0.3) is 49.7 Å². The van der Waals surface area contributed by atoms with Crippen molar-refractivity contribution in [1.82, 2.24) is 4.57 Å². The Morgan fingerprint density at radius 3 is 1.78 bits per heavy atom. The van der Waals surface area contributed by atoms with Crippen LogP contribution in [0.4, 0.5) is 17.1 Å². The number of fused-ring (bicyclic) bond motifs is 6. The summed E-state index contributed by atoms with van der Waals surface area (Å²) < 4.78 is 2.48. The summed E-state index contributed by atoms with van der Waals surface area (Å²) in [6.07, 6.45) is 15.4. The molecular weight excluding hydrogens is 761 g/mol. The first-order chi connectivity index (χ1) is 30.9. The molecule has 312 valence electrons. The Hall–Kier alpha value is -5.86. The van der Waals surface area contributed by atoms with Crippen molar-refractivity contribution in [3.8, 4) is 27.9 Å². The summed E-state index contributed by atoms with van der Waals surface area (Å²) in [6, 6.07) is 60.8. The average Bonchev–Trinajstić information content (AvgIpc) is 3.75.